The summed E-state index contributed by atoms with van der Waals surface area (Å²) in [4.78, 5) is 23.4. The van der Waals surface area contributed by atoms with Crippen LogP contribution in [-0.4, -0.2) is 29.1 Å². The van der Waals surface area contributed by atoms with Crippen molar-refractivity contribution in [3.63, 3.8) is 0 Å². The lowest BCUT2D eigenvalue weighted by molar-refractivity contribution is -0.142. The van der Waals surface area contributed by atoms with Crippen molar-refractivity contribution in [3.8, 4) is 0 Å². The monoisotopic (exact) mass is 246 g/mol. The SMILES string of the molecule is CC1(C(=O)O)Nc2cccc3c2C1CCNC3=O. The molecule has 1 amide bonds. The molecule has 0 radical (unpaired) electrons. The predicted molar refractivity (Wildman–Crippen MR) is 65.8 cm³/mol. The first-order chi connectivity index (χ1) is 8.54. The van der Waals surface area contributed by atoms with E-state index in [1.54, 1.807) is 19.1 Å². The number of rotatable bonds is 1. The highest BCUT2D eigenvalue weighted by molar-refractivity contribution is 6.00. The molecule has 0 aliphatic carbocycles. The van der Waals surface area contributed by atoms with Gasteiger partial charge >= 0.3 is 5.97 Å². The topological polar surface area (TPSA) is 78.4 Å². The number of carbonyl (C=O) groups is 2. The van der Waals surface area contributed by atoms with Gasteiger partial charge in [-0.1, -0.05) is 6.07 Å². The lowest BCUT2D eigenvalue weighted by atomic mass is 9.81. The highest BCUT2D eigenvalue weighted by Gasteiger charge is 2.50. The van der Waals surface area contributed by atoms with Gasteiger partial charge in [0.15, 0.2) is 0 Å². The molecule has 2 atom stereocenters. The van der Waals surface area contributed by atoms with Gasteiger partial charge in [0.2, 0.25) is 0 Å². The van der Waals surface area contributed by atoms with E-state index in [0.717, 1.165) is 11.3 Å². The number of benzene rings is 1. The Labute approximate surface area is 104 Å². The fraction of sp³-hybridized carbons (Fsp3) is 0.385. The minimum Gasteiger partial charge on any atom is -0.479 e. The molecule has 0 spiro atoms. The van der Waals surface area contributed by atoms with Crippen molar-refractivity contribution >= 4 is 17.6 Å². The zero-order valence-corrected chi connectivity index (χ0v) is 9.99. The molecule has 5 heteroatoms. The molecule has 1 aromatic rings. The van der Waals surface area contributed by atoms with E-state index in [-0.39, 0.29) is 11.8 Å². The van der Waals surface area contributed by atoms with E-state index in [1.165, 1.54) is 0 Å². The Morgan fingerprint density at radius 3 is 3.00 bits per heavy atom. The smallest absolute Gasteiger partial charge is 0.329 e. The van der Waals surface area contributed by atoms with Gasteiger partial charge in [-0.05, 0) is 31.0 Å². The van der Waals surface area contributed by atoms with E-state index in [4.69, 9.17) is 0 Å². The van der Waals surface area contributed by atoms with Crippen LogP contribution in [0.25, 0.3) is 0 Å². The van der Waals surface area contributed by atoms with Crippen molar-refractivity contribution in [2.75, 3.05) is 11.9 Å². The molecule has 5 nitrogen and oxygen atoms in total. The van der Waals surface area contributed by atoms with Crippen LogP contribution in [-0.2, 0) is 4.79 Å². The molecular formula is C13H14N2O3. The molecule has 2 heterocycles. The first kappa shape index (κ1) is 11.1. The molecule has 0 fully saturated rings. The molecule has 94 valence electrons. The number of nitrogens with one attached hydrogen (secondary N) is 2. The fourth-order valence-electron chi connectivity index (χ4n) is 2.96. The Bertz CT molecular complexity index is 555. The molecule has 2 aliphatic heterocycles. The summed E-state index contributed by atoms with van der Waals surface area (Å²) in [6.45, 7) is 2.18. The Hall–Kier alpha value is -2.04. The van der Waals surface area contributed by atoms with Crippen LogP contribution in [0.15, 0.2) is 18.2 Å². The molecule has 2 aliphatic rings. The van der Waals surface area contributed by atoms with Gasteiger partial charge in [-0.3, -0.25) is 4.79 Å². The van der Waals surface area contributed by atoms with Crippen LogP contribution in [0.1, 0.15) is 35.2 Å². The average Bonchev–Trinajstić information content (AvgIpc) is 2.50. The Balaban J connectivity index is 2.22. The molecule has 0 aromatic heterocycles. The lowest BCUT2D eigenvalue weighted by Gasteiger charge is -2.27. The summed E-state index contributed by atoms with van der Waals surface area (Å²) in [5.74, 6) is -1.19. The predicted octanol–water partition coefficient (Wildman–Crippen LogP) is 1.17. The second kappa shape index (κ2) is 3.48. The molecule has 0 saturated carbocycles. The number of carboxylic acids is 1. The summed E-state index contributed by atoms with van der Waals surface area (Å²) in [6.07, 6.45) is 0.631. The van der Waals surface area contributed by atoms with Crippen molar-refractivity contribution in [3.05, 3.63) is 29.3 Å². The van der Waals surface area contributed by atoms with Crippen LogP contribution < -0.4 is 10.6 Å². The first-order valence-electron chi connectivity index (χ1n) is 5.97. The zero-order valence-electron chi connectivity index (χ0n) is 9.99. The molecule has 0 bridgehead atoms. The summed E-state index contributed by atoms with van der Waals surface area (Å²) < 4.78 is 0. The van der Waals surface area contributed by atoms with E-state index >= 15 is 0 Å². The first-order valence-corrected chi connectivity index (χ1v) is 5.97. The van der Waals surface area contributed by atoms with Crippen LogP contribution >= 0.6 is 0 Å². The average molecular weight is 246 g/mol. The zero-order chi connectivity index (χ0) is 12.9. The molecule has 3 rings (SSSR count). The van der Waals surface area contributed by atoms with Crippen molar-refractivity contribution in [1.29, 1.82) is 0 Å². The van der Waals surface area contributed by atoms with E-state index in [9.17, 15) is 14.7 Å². The van der Waals surface area contributed by atoms with Gasteiger partial charge in [0.1, 0.15) is 5.54 Å². The maximum Gasteiger partial charge on any atom is 0.329 e. The number of carbonyl (C=O) groups excluding carboxylic acids is 1. The molecule has 3 N–H and O–H groups in total. The summed E-state index contributed by atoms with van der Waals surface area (Å²) in [5, 5.41) is 15.3. The van der Waals surface area contributed by atoms with Crippen LogP contribution in [0.3, 0.4) is 0 Å². The van der Waals surface area contributed by atoms with Gasteiger partial charge in [-0.25, -0.2) is 4.79 Å². The lowest BCUT2D eigenvalue weighted by Crippen LogP contribution is -2.45. The highest BCUT2D eigenvalue weighted by atomic mass is 16.4. The fourth-order valence-corrected chi connectivity index (χ4v) is 2.96. The second-order valence-electron chi connectivity index (χ2n) is 5.00. The molecule has 18 heavy (non-hydrogen) atoms. The third-order valence-corrected chi connectivity index (χ3v) is 3.95. The second-order valence-corrected chi connectivity index (χ2v) is 5.00. The van der Waals surface area contributed by atoms with Gasteiger partial charge < -0.3 is 15.7 Å². The van der Waals surface area contributed by atoms with Crippen molar-refractivity contribution in [2.24, 2.45) is 0 Å². The summed E-state index contributed by atoms with van der Waals surface area (Å²) in [6, 6.07) is 5.36. The summed E-state index contributed by atoms with van der Waals surface area (Å²) in [7, 11) is 0. The number of anilines is 1. The standard InChI is InChI=1S/C13H14N2O3/c1-13(12(17)18)8-5-6-14-11(16)7-3-2-4-9(15-13)10(7)8/h2-4,8,15H,5-6H2,1H3,(H,14,16)(H,17,18). The maximum atomic E-state index is 11.9. The Morgan fingerprint density at radius 1 is 1.50 bits per heavy atom. The number of aliphatic carboxylic acids is 1. The maximum absolute atomic E-state index is 11.9. The van der Waals surface area contributed by atoms with Crippen molar-refractivity contribution in [1.82, 2.24) is 5.32 Å². The molecule has 1 aromatic carbocycles. The van der Waals surface area contributed by atoms with Crippen LogP contribution in [0, 0.1) is 0 Å². The van der Waals surface area contributed by atoms with E-state index in [2.05, 4.69) is 10.6 Å². The number of carboxylic acid groups (broad SMARTS) is 1. The van der Waals surface area contributed by atoms with Crippen molar-refractivity contribution in [2.45, 2.75) is 24.8 Å². The molecular weight excluding hydrogens is 232 g/mol. The normalized spacial score (nSPS) is 28.9. The third kappa shape index (κ3) is 1.27. The van der Waals surface area contributed by atoms with Gasteiger partial charge in [0.05, 0.1) is 0 Å². The van der Waals surface area contributed by atoms with Gasteiger partial charge in [0, 0.05) is 23.7 Å². The summed E-state index contributed by atoms with van der Waals surface area (Å²) in [5.41, 5.74) is 1.16. The minimum atomic E-state index is -1.04. The number of hydrogen-bond acceptors (Lipinski definition) is 3. The van der Waals surface area contributed by atoms with Gasteiger partial charge in [-0.15, -0.1) is 0 Å². The van der Waals surface area contributed by atoms with Crippen LogP contribution in [0.4, 0.5) is 5.69 Å². The number of hydrogen-bond donors (Lipinski definition) is 3. The molecule has 0 saturated heterocycles. The van der Waals surface area contributed by atoms with Crippen molar-refractivity contribution < 1.29 is 14.7 Å². The van der Waals surface area contributed by atoms with E-state index in [1.807, 2.05) is 6.07 Å². The van der Waals surface area contributed by atoms with E-state index < -0.39 is 11.5 Å². The van der Waals surface area contributed by atoms with Gasteiger partial charge in [-0.2, -0.15) is 0 Å². The number of amides is 1. The summed E-state index contributed by atoms with van der Waals surface area (Å²) >= 11 is 0. The van der Waals surface area contributed by atoms with Crippen LogP contribution in [0.2, 0.25) is 0 Å². The third-order valence-electron chi connectivity index (χ3n) is 3.95. The van der Waals surface area contributed by atoms with E-state index in [0.29, 0.717) is 18.5 Å². The Kier molecular flexibility index (Phi) is 2.14. The Morgan fingerprint density at radius 2 is 2.28 bits per heavy atom. The largest absolute Gasteiger partial charge is 0.479 e. The van der Waals surface area contributed by atoms with Crippen LogP contribution in [0.5, 0.6) is 0 Å². The highest BCUT2D eigenvalue weighted by Crippen LogP contribution is 2.47. The van der Waals surface area contributed by atoms with Gasteiger partial charge in [0.25, 0.3) is 5.91 Å². The quantitative estimate of drug-likeness (QED) is 0.695. The molecule has 2 unspecified atom stereocenters. The minimum absolute atomic E-state index is 0.120.